The average Bonchev–Trinajstić information content (AvgIpc) is 2.58. The number of hydrogen-bond acceptors (Lipinski definition) is 3. The quantitative estimate of drug-likeness (QED) is 0.806. The summed E-state index contributed by atoms with van der Waals surface area (Å²) in [6.45, 7) is 1.10. The van der Waals surface area contributed by atoms with Crippen molar-refractivity contribution in [1.29, 1.82) is 0 Å². The van der Waals surface area contributed by atoms with Gasteiger partial charge in [0.15, 0.2) is 0 Å². The van der Waals surface area contributed by atoms with Crippen molar-refractivity contribution in [3.05, 3.63) is 23.9 Å². The number of pyridine rings is 1. The molecule has 1 saturated heterocycles. The Labute approximate surface area is 90.9 Å². The first-order valence-corrected chi connectivity index (χ1v) is 5.64. The lowest BCUT2D eigenvalue weighted by Gasteiger charge is -2.15. The van der Waals surface area contributed by atoms with Gasteiger partial charge in [-0.3, -0.25) is 0 Å². The Morgan fingerprint density at radius 2 is 2.27 bits per heavy atom. The first kappa shape index (κ1) is 10.4. The zero-order valence-electron chi connectivity index (χ0n) is 9.20. The smallest absolute Gasteiger partial charge is 0.213 e. The van der Waals surface area contributed by atoms with Crippen LogP contribution in [0.1, 0.15) is 37.4 Å². The summed E-state index contributed by atoms with van der Waals surface area (Å²) < 4.78 is 5.14. The van der Waals surface area contributed by atoms with Gasteiger partial charge in [0.25, 0.3) is 0 Å². The van der Waals surface area contributed by atoms with Crippen molar-refractivity contribution in [3.8, 4) is 5.88 Å². The molecule has 1 atom stereocenters. The lowest BCUT2D eigenvalue weighted by molar-refractivity contribution is 0.392. The highest BCUT2D eigenvalue weighted by molar-refractivity contribution is 5.18. The Balaban J connectivity index is 2.12. The standard InChI is InChI=1S/C12H18N2O/c1-15-12-8-5-7-11(14-12)10-6-3-2-4-9-13-10/h5,7-8,10,13H,2-4,6,9H2,1H3. The molecule has 1 fully saturated rings. The molecule has 2 rings (SSSR count). The average molecular weight is 206 g/mol. The second-order valence-electron chi connectivity index (χ2n) is 3.96. The molecule has 1 aromatic heterocycles. The van der Waals surface area contributed by atoms with Gasteiger partial charge in [-0.15, -0.1) is 0 Å². The van der Waals surface area contributed by atoms with Gasteiger partial charge in [0.1, 0.15) is 0 Å². The monoisotopic (exact) mass is 206 g/mol. The summed E-state index contributed by atoms with van der Waals surface area (Å²) in [5, 5.41) is 3.53. The molecule has 0 aliphatic carbocycles. The summed E-state index contributed by atoms with van der Waals surface area (Å²) in [5.74, 6) is 0.707. The zero-order chi connectivity index (χ0) is 10.5. The fourth-order valence-electron chi connectivity index (χ4n) is 2.02. The van der Waals surface area contributed by atoms with E-state index in [2.05, 4.69) is 16.4 Å². The van der Waals surface area contributed by atoms with Crippen molar-refractivity contribution in [3.63, 3.8) is 0 Å². The second-order valence-corrected chi connectivity index (χ2v) is 3.96. The van der Waals surface area contributed by atoms with E-state index >= 15 is 0 Å². The summed E-state index contributed by atoms with van der Waals surface area (Å²) in [4.78, 5) is 4.47. The molecule has 3 heteroatoms. The largest absolute Gasteiger partial charge is 0.481 e. The van der Waals surface area contributed by atoms with Gasteiger partial charge in [0.2, 0.25) is 5.88 Å². The number of nitrogens with zero attached hydrogens (tertiary/aromatic N) is 1. The van der Waals surface area contributed by atoms with Gasteiger partial charge in [-0.1, -0.05) is 18.9 Å². The summed E-state index contributed by atoms with van der Waals surface area (Å²) in [6.07, 6.45) is 5.07. The highest BCUT2D eigenvalue weighted by Gasteiger charge is 2.14. The molecular formula is C12H18N2O. The Kier molecular flexibility index (Phi) is 3.56. The van der Waals surface area contributed by atoms with Crippen LogP contribution in [-0.4, -0.2) is 18.6 Å². The molecule has 1 aliphatic heterocycles. The molecule has 1 unspecified atom stereocenters. The first-order valence-electron chi connectivity index (χ1n) is 5.64. The molecule has 0 amide bonds. The minimum Gasteiger partial charge on any atom is -0.481 e. The van der Waals surface area contributed by atoms with E-state index < -0.39 is 0 Å². The molecule has 3 nitrogen and oxygen atoms in total. The Hall–Kier alpha value is -1.09. The molecule has 1 aromatic rings. The number of ether oxygens (including phenoxy) is 1. The Morgan fingerprint density at radius 3 is 3.13 bits per heavy atom. The van der Waals surface area contributed by atoms with Crippen LogP contribution in [0.5, 0.6) is 5.88 Å². The van der Waals surface area contributed by atoms with Crippen LogP contribution in [0.4, 0.5) is 0 Å². The van der Waals surface area contributed by atoms with E-state index in [0.29, 0.717) is 11.9 Å². The SMILES string of the molecule is COc1cccc(C2CCCCCN2)n1. The van der Waals surface area contributed by atoms with Crippen molar-refractivity contribution in [2.24, 2.45) is 0 Å². The van der Waals surface area contributed by atoms with Gasteiger partial charge >= 0.3 is 0 Å². The van der Waals surface area contributed by atoms with Crippen LogP contribution in [0.2, 0.25) is 0 Å². The first-order chi connectivity index (χ1) is 7.40. The van der Waals surface area contributed by atoms with Crippen molar-refractivity contribution in [1.82, 2.24) is 10.3 Å². The molecular weight excluding hydrogens is 188 g/mol. The second kappa shape index (κ2) is 5.12. The maximum absolute atomic E-state index is 5.14. The van der Waals surface area contributed by atoms with Crippen molar-refractivity contribution < 1.29 is 4.74 Å². The molecule has 82 valence electrons. The minimum absolute atomic E-state index is 0.405. The molecule has 0 aromatic carbocycles. The molecule has 0 radical (unpaired) electrons. The van der Waals surface area contributed by atoms with Gasteiger partial charge in [0.05, 0.1) is 12.8 Å². The lowest BCUT2D eigenvalue weighted by atomic mass is 10.1. The number of hydrogen-bond donors (Lipinski definition) is 1. The van der Waals surface area contributed by atoms with E-state index in [1.54, 1.807) is 7.11 Å². The third kappa shape index (κ3) is 2.69. The van der Waals surface area contributed by atoms with E-state index in [1.807, 2.05) is 12.1 Å². The van der Waals surface area contributed by atoms with Gasteiger partial charge < -0.3 is 10.1 Å². The summed E-state index contributed by atoms with van der Waals surface area (Å²) in [7, 11) is 1.66. The van der Waals surface area contributed by atoms with Crippen molar-refractivity contribution in [2.75, 3.05) is 13.7 Å². The van der Waals surface area contributed by atoms with Crippen LogP contribution in [-0.2, 0) is 0 Å². The van der Waals surface area contributed by atoms with E-state index in [0.717, 1.165) is 12.2 Å². The lowest BCUT2D eigenvalue weighted by Crippen LogP contribution is -2.21. The van der Waals surface area contributed by atoms with Crippen LogP contribution < -0.4 is 10.1 Å². The van der Waals surface area contributed by atoms with E-state index in [4.69, 9.17) is 4.74 Å². The zero-order valence-corrected chi connectivity index (χ0v) is 9.20. The molecule has 1 aliphatic rings. The van der Waals surface area contributed by atoms with Crippen LogP contribution >= 0.6 is 0 Å². The van der Waals surface area contributed by atoms with Crippen molar-refractivity contribution >= 4 is 0 Å². The molecule has 0 bridgehead atoms. The Morgan fingerprint density at radius 1 is 1.33 bits per heavy atom. The summed E-state index contributed by atoms with van der Waals surface area (Å²) >= 11 is 0. The van der Waals surface area contributed by atoms with E-state index in [9.17, 15) is 0 Å². The van der Waals surface area contributed by atoms with E-state index in [1.165, 1.54) is 25.7 Å². The van der Waals surface area contributed by atoms with Gasteiger partial charge in [-0.25, -0.2) is 4.98 Å². The normalized spacial score (nSPS) is 22.1. The molecule has 2 heterocycles. The third-order valence-corrected chi connectivity index (χ3v) is 2.87. The fourth-order valence-corrected chi connectivity index (χ4v) is 2.02. The van der Waals surface area contributed by atoms with Gasteiger partial charge in [-0.05, 0) is 25.5 Å². The van der Waals surface area contributed by atoms with Crippen LogP contribution in [0.3, 0.4) is 0 Å². The van der Waals surface area contributed by atoms with Gasteiger partial charge in [-0.2, -0.15) is 0 Å². The number of aromatic nitrogens is 1. The molecule has 0 saturated carbocycles. The number of nitrogens with one attached hydrogen (secondary N) is 1. The third-order valence-electron chi connectivity index (χ3n) is 2.87. The highest BCUT2D eigenvalue weighted by atomic mass is 16.5. The molecule has 0 spiro atoms. The van der Waals surface area contributed by atoms with Crippen LogP contribution in [0, 0.1) is 0 Å². The van der Waals surface area contributed by atoms with Crippen molar-refractivity contribution in [2.45, 2.75) is 31.7 Å². The topological polar surface area (TPSA) is 34.1 Å². The van der Waals surface area contributed by atoms with Gasteiger partial charge in [0, 0.05) is 12.1 Å². The Bertz CT molecular complexity index is 306. The maximum Gasteiger partial charge on any atom is 0.213 e. The molecule has 1 N–H and O–H groups in total. The molecule has 15 heavy (non-hydrogen) atoms. The predicted molar refractivity (Wildman–Crippen MR) is 60.0 cm³/mol. The fraction of sp³-hybridized carbons (Fsp3) is 0.583. The number of rotatable bonds is 2. The van der Waals surface area contributed by atoms with E-state index in [-0.39, 0.29) is 0 Å². The summed E-state index contributed by atoms with van der Waals surface area (Å²) in [5.41, 5.74) is 1.11. The van der Waals surface area contributed by atoms with Crippen LogP contribution in [0.25, 0.3) is 0 Å². The number of methoxy groups -OCH3 is 1. The minimum atomic E-state index is 0.405. The maximum atomic E-state index is 5.14. The predicted octanol–water partition coefficient (Wildman–Crippen LogP) is 2.29. The summed E-state index contributed by atoms with van der Waals surface area (Å²) in [6, 6.07) is 6.38. The van der Waals surface area contributed by atoms with Crippen LogP contribution in [0.15, 0.2) is 18.2 Å². The highest BCUT2D eigenvalue weighted by Crippen LogP contribution is 2.22.